The summed E-state index contributed by atoms with van der Waals surface area (Å²) < 4.78 is 5.25. The number of nitrogens with zero attached hydrogens (tertiary/aromatic N) is 5. The first kappa shape index (κ1) is 25.2. The van der Waals surface area contributed by atoms with E-state index in [-0.39, 0.29) is 17.6 Å². The standard InChI is InChI=1S/C23H25ClN8O4S/c1-32-7-6-15-17(10-32)37-23(30-15)21(35)29-16-8-12(22-26-11-27-36-22)2-4-14(16)28-19(33)20(34)31-18-5-3-13(24)9-25-18/h3,5,9,11-12,14,16H,2,4,6-8,10H2,1H3,(H,28,33)(H,29,35)(H,25,31,34)/t12-,14-,16+/m0/s1. The number of carbonyl (C=O) groups is 3. The van der Waals surface area contributed by atoms with Crippen LogP contribution in [0.1, 0.15) is 51.4 Å². The summed E-state index contributed by atoms with van der Waals surface area (Å²) in [6.45, 7) is 1.66. The van der Waals surface area contributed by atoms with Gasteiger partial charge in [-0.2, -0.15) is 4.98 Å². The Morgan fingerprint density at radius 2 is 2.00 bits per heavy atom. The monoisotopic (exact) mass is 544 g/mol. The van der Waals surface area contributed by atoms with Crippen LogP contribution >= 0.6 is 22.9 Å². The molecular formula is C23H25ClN8O4S. The topological polar surface area (TPSA) is 155 Å². The van der Waals surface area contributed by atoms with Gasteiger partial charge in [0.1, 0.15) is 5.82 Å². The van der Waals surface area contributed by atoms with Crippen molar-refractivity contribution in [2.24, 2.45) is 0 Å². The first-order valence-electron chi connectivity index (χ1n) is 11.8. The minimum Gasteiger partial charge on any atom is -0.345 e. The molecule has 2 aliphatic rings. The van der Waals surface area contributed by atoms with Gasteiger partial charge in [0.25, 0.3) is 5.91 Å². The molecule has 5 rings (SSSR count). The molecule has 3 amide bonds. The fourth-order valence-corrected chi connectivity index (χ4v) is 5.80. The fourth-order valence-electron chi connectivity index (χ4n) is 4.60. The number of fused-ring (bicyclic) bond motifs is 1. The number of halogens is 1. The van der Waals surface area contributed by atoms with Crippen molar-refractivity contribution in [2.75, 3.05) is 18.9 Å². The maximum absolute atomic E-state index is 13.2. The number of pyridine rings is 1. The Labute approximate surface area is 221 Å². The van der Waals surface area contributed by atoms with Crippen molar-refractivity contribution in [1.82, 2.24) is 35.6 Å². The van der Waals surface area contributed by atoms with Crippen LogP contribution in [0.2, 0.25) is 5.02 Å². The highest BCUT2D eigenvalue weighted by atomic mass is 35.5. The minimum atomic E-state index is -0.865. The average molecular weight is 545 g/mol. The lowest BCUT2D eigenvalue weighted by Crippen LogP contribution is -2.56. The zero-order valence-corrected chi connectivity index (χ0v) is 21.5. The first-order valence-corrected chi connectivity index (χ1v) is 13.0. The fraction of sp³-hybridized carbons (Fsp3) is 0.435. The summed E-state index contributed by atoms with van der Waals surface area (Å²) >= 11 is 7.20. The molecule has 3 aromatic heterocycles. The highest BCUT2D eigenvalue weighted by molar-refractivity contribution is 7.13. The number of hydrogen-bond donors (Lipinski definition) is 3. The molecule has 0 bridgehead atoms. The van der Waals surface area contributed by atoms with Crippen LogP contribution in [0.3, 0.4) is 0 Å². The lowest BCUT2D eigenvalue weighted by Gasteiger charge is -2.35. The lowest BCUT2D eigenvalue weighted by atomic mass is 9.82. The molecule has 4 heterocycles. The van der Waals surface area contributed by atoms with Crippen molar-refractivity contribution in [2.45, 2.75) is 50.2 Å². The molecule has 0 radical (unpaired) electrons. The van der Waals surface area contributed by atoms with Crippen LogP contribution in [0.4, 0.5) is 5.82 Å². The maximum atomic E-state index is 13.2. The lowest BCUT2D eigenvalue weighted by molar-refractivity contribution is -0.136. The number of carbonyl (C=O) groups excluding carboxylic acids is 3. The predicted molar refractivity (Wildman–Crippen MR) is 134 cm³/mol. The molecule has 14 heteroatoms. The normalized spacial score (nSPS) is 21.6. The third-order valence-corrected chi connectivity index (χ3v) is 7.81. The van der Waals surface area contributed by atoms with Crippen LogP contribution in [0.5, 0.6) is 0 Å². The van der Waals surface area contributed by atoms with Crippen molar-refractivity contribution in [3.05, 3.63) is 51.1 Å². The number of hydrogen-bond acceptors (Lipinski definition) is 10. The molecule has 0 saturated heterocycles. The Kier molecular flexibility index (Phi) is 7.44. The number of anilines is 1. The Balaban J connectivity index is 1.28. The molecule has 1 aliphatic heterocycles. The Bertz CT molecular complexity index is 1280. The minimum absolute atomic E-state index is 0.0915. The van der Waals surface area contributed by atoms with Gasteiger partial charge < -0.3 is 25.4 Å². The van der Waals surface area contributed by atoms with E-state index in [0.717, 1.165) is 30.1 Å². The largest absolute Gasteiger partial charge is 0.345 e. The van der Waals surface area contributed by atoms with Crippen molar-refractivity contribution in [3.8, 4) is 0 Å². The van der Waals surface area contributed by atoms with Gasteiger partial charge in [-0.25, -0.2) is 9.97 Å². The smallest absolute Gasteiger partial charge is 0.314 e. The quantitative estimate of drug-likeness (QED) is 0.407. The van der Waals surface area contributed by atoms with Crippen LogP contribution in [-0.4, -0.2) is 68.4 Å². The first-order chi connectivity index (χ1) is 17.9. The molecule has 37 heavy (non-hydrogen) atoms. The second-order valence-electron chi connectivity index (χ2n) is 9.14. The third-order valence-electron chi connectivity index (χ3n) is 6.50. The predicted octanol–water partition coefficient (Wildman–Crippen LogP) is 1.75. The molecule has 3 N–H and O–H groups in total. The zero-order valence-electron chi connectivity index (χ0n) is 19.9. The molecule has 0 aromatic carbocycles. The summed E-state index contributed by atoms with van der Waals surface area (Å²) in [5.41, 5.74) is 0.956. The van der Waals surface area contributed by atoms with Crippen LogP contribution in [-0.2, 0) is 22.6 Å². The van der Waals surface area contributed by atoms with Gasteiger partial charge in [-0.15, -0.1) is 11.3 Å². The molecule has 12 nitrogen and oxygen atoms in total. The van der Waals surface area contributed by atoms with Gasteiger partial charge in [-0.05, 0) is 38.4 Å². The van der Waals surface area contributed by atoms with Crippen LogP contribution in [0, 0.1) is 0 Å². The second kappa shape index (κ2) is 10.9. The molecular weight excluding hydrogens is 520 g/mol. The molecule has 194 valence electrons. The molecule has 1 aliphatic carbocycles. The van der Waals surface area contributed by atoms with Gasteiger partial charge in [0, 0.05) is 42.5 Å². The second-order valence-corrected chi connectivity index (χ2v) is 10.7. The Hall–Kier alpha value is -3.42. The summed E-state index contributed by atoms with van der Waals surface area (Å²) in [7, 11) is 2.04. The van der Waals surface area contributed by atoms with Gasteiger partial charge >= 0.3 is 11.8 Å². The summed E-state index contributed by atoms with van der Waals surface area (Å²) in [6.07, 6.45) is 5.09. The molecule has 1 saturated carbocycles. The highest BCUT2D eigenvalue weighted by Gasteiger charge is 2.37. The van der Waals surface area contributed by atoms with Crippen LogP contribution < -0.4 is 16.0 Å². The van der Waals surface area contributed by atoms with Gasteiger partial charge in [0.15, 0.2) is 11.3 Å². The number of likely N-dealkylation sites (N-methyl/N-ethyl adjacent to an activating group) is 1. The molecule has 3 atom stereocenters. The zero-order chi connectivity index (χ0) is 25.9. The van der Waals surface area contributed by atoms with Crippen molar-refractivity contribution in [1.29, 1.82) is 0 Å². The van der Waals surface area contributed by atoms with Crippen molar-refractivity contribution in [3.63, 3.8) is 0 Å². The van der Waals surface area contributed by atoms with E-state index in [1.165, 1.54) is 29.9 Å². The van der Waals surface area contributed by atoms with Gasteiger partial charge in [-0.3, -0.25) is 14.4 Å². The van der Waals surface area contributed by atoms with Gasteiger partial charge in [0.2, 0.25) is 5.89 Å². The number of aromatic nitrogens is 4. The summed E-state index contributed by atoms with van der Waals surface area (Å²) in [5, 5.41) is 12.7. The summed E-state index contributed by atoms with van der Waals surface area (Å²) in [6, 6.07) is 2.09. The van der Waals surface area contributed by atoms with Crippen LogP contribution in [0.25, 0.3) is 0 Å². The van der Waals surface area contributed by atoms with E-state index in [2.05, 4.69) is 41.0 Å². The number of amides is 3. The van der Waals surface area contributed by atoms with E-state index >= 15 is 0 Å². The van der Waals surface area contributed by atoms with E-state index in [4.69, 9.17) is 16.1 Å². The van der Waals surface area contributed by atoms with Gasteiger partial charge in [-0.1, -0.05) is 16.8 Å². The van der Waals surface area contributed by atoms with Gasteiger partial charge in [0.05, 0.1) is 16.8 Å². The summed E-state index contributed by atoms with van der Waals surface area (Å²) in [4.78, 5) is 54.4. The van der Waals surface area contributed by atoms with E-state index in [1.54, 1.807) is 6.07 Å². The van der Waals surface area contributed by atoms with Crippen LogP contribution in [0.15, 0.2) is 29.2 Å². The van der Waals surface area contributed by atoms with E-state index < -0.39 is 23.9 Å². The molecule has 1 fully saturated rings. The number of nitrogens with one attached hydrogen (secondary N) is 3. The van der Waals surface area contributed by atoms with E-state index in [0.29, 0.717) is 35.2 Å². The third kappa shape index (κ3) is 5.95. The average Bonchev–Trinajstić information content (AvgIpc) is 3.56. The molecule has 3 aromatic rings. The maximum Gasteiger partial charge on any atom is 0.314 e. The SMILES string of the molecule is CN1CCc2nc(C(=O)N[C@@H]3C[C@@H](c4ncno4)CC[C@@H]3NC(=O)C(=O)Nc3ccc(Cl)cn3)sc2C1. The Morgan fingerprint density at radius 1 is 1.14 bits per heavy atom. The van der Waals surface area contributed by atoms with E-state index in [9.17, 15) is 14.4 Å². The van der Waals surface area contributed by atoms with Crippen molar-refractivity contribution < 1.29 is 18.9 Å². The number of rotatable bonds is 5. The number of thiazole rings is 1. The Morgan fingerprint density at radius 3 is 2.76 bits per heavy atom. The highest BCUT2D eigenvalue weighted by Crippen LogP contribution is 2.32. The van der Waals surface area contributed by atoms with Crippen molar-refractivity contribution >= 4 is 46.5 Å². The van der Waals surface area contributed by atoms with E-state index in [1.807, 2.05) is 7.05 Å². The molecule has 0 unspecified atom stereocenters. The molecule has 0 spiro atoms. The summed E-state index contributed by atoms with van der Waals surface area (Å²) in [5.74, 6) is -1.42.